The van der Waals surface area contributed by atoms with E-state index in [1.807, 2.05) is 4.98 Å². The fourth-order valence-electron chi connectivity index (χ4n) is 0.367. The van der Waals surface area contributed by atoms with Crippen molar-refractivity contribution in [2.24, 2.45) is 0 Å². The third-order valence-corrected chi connectivity index (χ3v) is 0.816. The Morgan fingerprint density at radius 3 is 2.30 bits per heavy atom. The van der Waals surface area contributed by atoms with Gasteiger partial charge in [0, 0.05) is 29.6 Å². The summed E-state index contributed by atoms with van der Waals surface area (Å²) in [5.41, 5.74) is -1.40. The fraction of sp³-hybridized carbons (Fsp3) is 0. The van der Waals surface area contributed by atoms with Crippen LogP contribution in [0.4, 0.5) is 0 Å². The summed E-state index contributed by atoms with van der Waals surface area (Å²) in [6, 6.07) is 0. The van der Waals surface area contributed by atoms with Crippen molar-refractivity contribution in [3.63, 3.8) is 0 Å². The first kappa shape index (κ1) is 9.90. The van der Waals surface area contributed by atoms with Crippen LogP contribution in [0, 0.1) is 0 Å². The summed E-state index contributed by atoms with van der Waals surface area (Å²) in [5.74, 6) is 0. The molecule has 5 nitrogen and oxygen atoms in total. The molecule has 0 aliphatic heterocycles. The van der Waals surface area contributed by atoms with E-state index in [4.69, 9.17) is 11.6 Å². The van der Waals surface area contributed by atoms with Gasteiger partial charge in [-0.2, -0.15) is 4.98 Å². The van der Waals surface area contributed by atoms with Crippen molar-refractivity contribution < 1.29 is 0 Å². The Hall–Kier alpha value is -0.100. The number of aromatic amines is 2. The Morgan fingerprint density at radius 1 is 1.30 bits per heavy atom. The summed E-state index contributed by atoms with van der Waals surface area (Å²) in [6.07, 6.45) is 0. The van der Waals surface area contributed by atoms with Crippen molar-refractivity contribution in [1.82, 2.24) is 15.0 Å². The molecule has 0 saturated heterocycles. The van der Waals surface area contributed by atoms with E-state index in [-0.39, 0.29) is 34.8 Å². The zero-order chi connectivity index (χ0) is 6.85. The van der Waals surface area contributed by atoms with Gasteiger partial charge in [-0.15, -0.1) is 0 Å². The van der Waals surface area contributed by atoms with E-state index < -0.39 is 11.4 Å². The molecule has 0 saturated carbocycles. The predicted molar refractivity (Wildman–Crippen MR) is 36.2 cm³/mol. The van der Waals surface area contributed by atoms with Crippen LogP contribution in [0.25, 0.3) is 0 Å². The number of rotatable bonds is 0. The summed E-state index contributed by atoms with van der Waals surface area (Å²) in [7, 11) is 0. The molecule has 1 aromatic heterocycles. The van der Waals surface area contributed by atoms with Crippen LogP contribution in [0.15, 0.2) is 9.59 Å². The van der Waals surface area contributed by atoms with Crippen LogP contribution in [0.5, 0.6) is 0 Å². The molecule has 0 atom stereocenters. The maximum absolute atomic E-state index is 10.3. The van der Waals surface area contributed by atoms with Crippen LogP contribution in [-0.4, -0.2) is 44.5 Å². The minimum atomic E-state index is -0.747. The second-order valence-electron chi connectivity index (χ2n) is 1.29. The molecule has 2 N–H and O–H groups in total. The molecule has 1 heterocycles. The molecule has 1 aromatic rings. The van der Waals surface area contributed by atoms with Crippen molar-refractivity contribution in [2.45, 2.75) is 0 Å². The molecule has 0 aliphatic carbocycles. The minimum absolute atomic E-state index is 0. The van der Waals surface area contributed by atoms with Gasteiger partial charge in [0.05, 0.1) is 0 Å². The van der Waals surface area contributed by atoms with Gasteiger partial charge in [-0.05, 0) is 11.6 Å². The van der Waals surface area contributed by atoms with Crippen molar-refractivity contribution in [3.8, 4) is 0 Å². The van der Waals surface area contributed by atoms with Gasteiger partial charge < -0.3 is 0 Å². The van der Waals surface area contributed by atoms with Gasteiger partial charge in [-0.3, -0.25) is 9.97 Å². The van der Waals surface area contributed by atoms with Gasteiger partial charge in [-0.25, -0.2) is 9.59 Å². The number of aromatic nitrogens is 3. The van der Waals surface area contributed by atoms with Gasteiger partial charge in [0.25, 0.3) is 0 Å². The first-order chi connectivity index (χ1) is 4.18. The molecule has 0 aromatic carbocycles. The number of hydrogen-bond donors (Lipinski definition) is 2. The monoisotopic (exact) mass is 170 g/mol. The molecule has 0 unspecified atom stereocenters. The van der Waals surface area contributed by atoms with Gasteiger partial charge in [-0.1, -0.05) is 0 Å². The predicted octanol–water partition coefficient (Wildman–Crippen LogP) is -1.27. The quantitative estimate of drug-likeness (QED) is 0.477. The van der Waals surface area contributed by atoms with Crippen LogP contribution in [0.2, 0.25) is 5.28 Å². The zero-order valence-corrected chi connectivity index (χ0v) is 7.90. The smallest absolute Gasteiger partial charge is 0.282 e. The van der Waals surface area contributed by atoms with Crippen molar-refractivity contribution >= 4 is 41.2 Å². The Bertz CT molecular complexity index is 290. The molecule has 0 amide bonds. The molecular weight excluding hydrogens is 168 g/mol. The van der Waals surface area contributed by atoms with Crippen LogP contribution < -0.4 is 11.4 Å². The summed E-state index contributed by atoms with van der Waals surface area (Å²) < 4.78 is 0. The number of nitrogens with zero attached hydrogens (tertiary/aromatic N) is 1. The molecule has 10 heavy (non-hydrogen) atoms. The largest absolute Gasteiger partial charge is 0.351 e. The summed E-state index contributed by atoms with van der Waals surface area (Å²) in [6.45, 7) is 0. The average Bonchev–Trinajstić information content (AvgIpc) is 1.59. The molecule has 1 radical (unpaired) electrons. The van der Waals surface area contributed by atoms with E-state index in [2.05, 4.69) is 9.97 Å². The normalized spacial score (nSPS) is 8.50. The third-order valence-electron chi connectivity index (χ3n) is 0.637. The van der Waals surface area contributed by atoms with Gasteiger partial charge >= 0.3 is 11.4 Å². The molecule has 0 fully saturated rings. The summed E-state index contributed by atoms with van der Waals surface area (Å²) in [4.78, 5) is 27.6. The molecular formula is C3H2ClN3NaO2. The number of halogens is 1. The summed E-state index contributed by atoms with van der Waals surface area (Å²) in [5, 5.41) is -0.205. The van der Waals surface area contributed by atoms with Crippen LogP contribution in [-0.2, 0) is 0 Å². The maximum atomic E-state index is 10.3. The third kappa shape index (κ3) is 2.66. The van der Waals surface area contributed by atoms with E-state index in [1.54, 1.807) is 0 Å². The Balaban J connectivity index is 0.000000810. The second-order valence-corrected chi connectivity index (χ2v) is 1.64. The van der Waals surface area contributed by atoms with Crippen molar-refractivity contribution in [1.29, 1.82) is 0 Å². The first-order valence-electron chi connectivity index (χ1n) is 2.04. The van der Waals surface area contributed by atoms with E-state index in [9.17, 15) is 9.59 Å². The Kier molecular flexibility index (Phi) is 3.88. The first-order valence-corrected chi connectivity index (χ1v) is 2.42. The standard InChI is InChI=1S/C3H2ClN3O2.Na/c4-1-5-2(8)7-3(9)6-1;/h(H2,5,6,7,8,9);. The number of hydrogen-bond acceptors (Lipinski definition) is 3. The van der Waals surface area contributed by atoms with Crippen molar-refractivity contribution in [3.05, 3.63) is 26.3 Å². The van der Waals surface area contributed by atoms with Gasteiger partial charge in [0.1, 0.15) is 0 Å². The summed E-state index contributed by atoms with van der Waals surface area (Å²) >= 11 is 5.16. The topological polar surface area (TPSA) is 78.6 Å². The molecule has 1 rings (SSSR count). The average molecular weight is 171 g/mol. The molecule has 49 valence electrons. The van der Waals surface area contributed by atoms with E-state index in [0.29, 0.717) is 0 Å². The minimum Gasteiger partial charge on any atom is -0.282 e. The van der Waals surface area contributed by atoms with Crippen molar-refractivity contribution in [2.75, 3.05) is 0 Å². The Morgan fingerprint density at radius 2 is 1.90 bits per heavy atom. The molecule has 0 spiro atoms. The Labute approximate surface area is 82.1 Å². The van der Waals surface area contributed by atoms with E-state index in [0.717, 1.165) is 0 Å². The van der Waals surface area contributed by atoms with E-state index in [1.165, 1.54) is 0 Å². The van der Waals surface area contributed by atoms with Gasteiger partial charge in [0.15, 0.2) is 0 Å². The number of H-pyrrole nitrogens is 2. The SMILES string of the molecule is O=c1nc(Cl)[nH]c(=O)[nH]1.[Na]. The molecule has 0 aliphatic rings. The maximum Gasteiger partial charge on any atom is 0.351 e. The number of nitrogens with one attached hydrogen (secondary N) is 2. The molecule has 7 heteroatoms. The second kappa shape index (κ2) is 3.92. The van der Waals surface area contributed by atoms with Crippen LogP contribution in [0.3, 0.4) is 0 Å². The van der Waals surface area contributed by atoms with Gasteiger partial charge in [0.2, 0.25) is 5.28 Å². The van der Waals surface area contributed by atoms with E-state index >= 15 is 0 Å². The fourth-order valence-corrected chi connectivity index (χ4v) is 0.530. The molecule has 0 bridgehead atoms. The van der Waals surface area contributed by atoms with Crippen LogP contribution >= 0.6 is 11.6 Å². The van der Waals surface area contributed by atoms with Crippen LogP contribution in [0.1, 0.15) is 0 Å². The zero-order valence-electron chi connectivity index (χ0n) is 5.14.